The van der Waals surface area contributed by atoms with Gasteiger partial charge >= 0.3 is 6.03 Å². The summed E-state index contributed by atoms with van der Waals surface area (Å²) < 4.78 is 15.5. The molecule has 1 N–H and O–H groups in total. The first-order valence-corrected chi connectivity index (χ1v) is 10.3. The number of aryl methyl sites for hydroxylation is 1. The van der Waals surface area contributed by atoms with E-state index in [1.54, 1.807) is 50.2 Å². The quantitative estimate of drug-likeness (QED) is 0.512. The van der Waals surface area contributed by atoms with Crippen LogP contribution in [0.15, 0.2) is 52.4 Å². The van der Waals surface area contributed by atoms with Crippen molar-refractivity contribution >= 4 is 34.6 Å². The molecule has 0 aliphatic carbocycles. The van der Waals surface area contributed by atoms with Crippen molar-refractivity contribution in [2.45, 2.75) is 24.3 Å². The summed E-state index contributed by atoms with van der Waals surface area (Å²) in [6.07, 6.45) is 0. The highest BCUT2D eigenvalue weighted by Crippen LogP contribution is 2.27. The summed E-state index contributed by atoms with van der Waals surface area (Å²) in [7, 11) is 0. The lowest BCUT2D eigenvalue weighted by Crippen LogP contribution is -2.39. The van der Waals surface area contributed by atoms with Gasteiger partial charge in [0.05, 0.1) is 21.8 Å². The van der Waals surface area contributed by atoms with Crippen molar-refractivity contribution in [3.05, 3.63) is 64.2 Å². The van der Waals surface area contributed by atoms with Gasteiger partial charge in [0.1, 0.15) is 5.82 Å². The lowest BCUT2D eigenvalue weighted by molar-refractivity contribution is -0.126. The number of hydrogen-bond acceptors (Lipinski definition) is 5. The van der Waals surface area contributed by atoms with Crippen LogP contribution < -0.4 is 10.9 Å². The topological polar surface area (TPSA) is 84.3 Å². The Hall–Kier alpha value is -3.20. The Kier molecular flexibility index (Phi) is 5.29. The number of fused-ring (bicyclic) bond motifs is 1. The number of carbonyl (C=O) groups excluding carboxylic acids is 2. The molecule has 30 heavy (non-hydrogen) atoms. The van der Waals surface area contributed by atoms with Gasteiger partial charge in [-0.05, 0) is 43.7 Å². The average Bonchev–Trinajstić information content (AvgIpc) is 3.16. The highest BCUT2D eigenvalue weighted by molar-refractivity contribution is 8.00. The van der Waals surface area contributed by atoms with Gasteiger partial charge in [-0.3, -0.25) is 19.1 Å². The molecule has 2 heterocycles. The molecular weight excluding hydrogens is 407 g/mol. The van der Waals surface area contributed by atoms with E-state index in [0.29, 0.717) is 35.2 Å². The van der Waals surface area contributed by atoms with Crippen molar-refractivity contribution in [3.8, 4) is 5.69 Å². The molecule has 3 aromatic rings. The summed E-state index contributed by atoms with van der Waals surface area (Å²) in [5.41, 5.74) is 0.901. The standard InChI is InChI=1S/C21H19FN4O3S/c1-12-7-8-14(11-16(12)22)26-19(28)15-5-3-4-6-17(15)24-21(26)30-13(2)18(27)25-10-9-23-20(25)29/h3-8,11,13H,9-10H2,1-2H3,(H,23,29)/t13-/m1/s1. The summed E-state index contributed by atoms with van der Waals surface area (Å²) in [4.78, 5) is 43.5. The van der Waals surface area contributed by atoms with Crippen LogP contribution in [0, 0.1) is 12.7 Å². The van der Waals surface area contributed by atoms with E-state index in [9.17, 15) is 18.8 Å². The summed E-state index contributed by atoms with van der Waals surface area (Å²) in [5, 5.41) is 2.56. The van der Waals surface area contributed by atoms with Gasteiger partial charge in [0.15, 0.2) is 5.16 Å². The molecule has 9 heteroatoms. The second-order valence-electron chi connectivity index (χ2n) is 6.97. The zero-order valence-electron chi connectivity index (χ0n) is 16.4. The third kappa shape index (κ3) is 3.56. The molecule has 154 valence electrons. The third-order valence-electron chi connectivity index (χ3n) is 4.91. The summed E-state index contributed by atoms with van der Waals surface area (Å²) in [5.74, 6) is -0.819. The Bertz CT molecular complexity index is 1230. The zero-order valence-corrected chi connectivity index (χ0v) is 17.2. The number of amides is 3. The third-order valence-corrected chi connectivity index (χ3v) is 5.95. The van der Waals surface area contributed by atoms with Gasteiger partial charge in [0.2, 0.25) is 5.91 Å². The van der Waals surface area contributed by atoms with Crippen LogP contribution >= 0.6 is 11.8 Å². The average molecular weight is 426 g/mol. The maximum absolute atomic E-state index is 14.2. The van der Waals surface area contributed by atoms with Crippen LogP contribution in [0.25, 0.3) is 16.6 Å². The predicted octanol–water partition coefficient (Wildman–Crippen LogP) is 2.87. The van der Waals surface area contributed by atoms with Crippen molar-refractivity contribution in [2.75, 3.05) is 13.1 Å². The number of aromatic nitrogens is 2. The van der Waals surface area contributed by atoms with E-state index in [4.69, 9.17) is 0 Å². The van der Waals surface area contributed by atoms with Crippen molar-refractivity contribution in [1.29, 1.82) is 0 Å². The van der Waals surface area contributed by atoms with Crippen molar-refractivity contribution < 1.29 is 14.0 Å². The molecule has 3 amide bonds. The van der Waals surface area contributed by atoms with Crippen LogP contribution in [0.5, 0.6) is 0 Å². The van der Waals surface area contributed by atoms with Gasteiger partial charge in [-0.2, -0.15) is 0 Å². The van der Waals surface area contributed by atoms with Crippen LogP contribution in [0.3, 0.4) is 0 Å². The molecule has 0 bridgehead atoms. The van der Waals surface area contributed by atoms with E-state index in [-0.39, 0.29) is 16.6 Å². The van der Waals surface area contributed by atoms with Gasteiger partial charge in [0, 0.05) is 13.1 Å². The van der Waals surface area contributed by atoms with Crippen LogP contribution in [0.2, 0.25) is 0 Å². The second kappa shape index (κ2) is 7.91. The molecule has 7 nitrogen and oxygen atoms in total. The number of thioether (sulfide) groups is 1. The number of urea groups is 1. The normalized spacial score (nSPS) is 14.8. The van der Waals surface area contributed by atoms with E-state index in [1.165, 1.54) is 10.6 Å². The largest absolute Gasteiger partial charge is 0.336 e. The maximum atomic E-state index is 14.2. The van der Waals surface area contributed by atoms with Gasteiger partial charge < -0.3 is 5.32 Å². The molecule has 0 radical (unpaired) electrons. The second-order valence-corrected chi connectivity index (χ2v) is 8.28. The number of rotatable bonds is 4. The monoisotopic (exact) mass is 426 g/mol. The Labute approximate surface area is 175 Å². The SMILES string of the molecule is Cc1ccc(-n2c(S[C@H](C)C(=O)N3CCNC3=O)nc3ccccc3c2=O)cc1F. The molecule has 1 fully saturated rings. The van der Waals surface area contributed by atoms with Crippen molar-refractivity contribution in [2.24, 2.45) is 0 Å². The fourth-order valence-corrected chi connectivity index (χ4v) is 4.24. The Morgan fingerprint density at radius 1 is 1.23 bits per heavy atom. The van der Waals surface area contributed by atoms with Crippen LogP contribution in [-0.4, -0.2) is 44.7 Å². The number of nitrogens with zero attached hydrogens (tertiary/aromatic N) is 3. The fourth-order valence-electron chi connectivity index (χ4n) is 3.25. The summed E-state index contributed by atoms with van der Waals surface area (Å²) in [6.45, 7) is 3.99. The Morgan fingerprint density at radius 2 is 2.00 bits per heavy atom. The smallest absolute Gasteiger partial charge is 0.324 e. The van der Waals surface area contributed by atoms with E-state index >= 15 is 0 Å². The first-order chi connectivity index (χ1) is 14.4. The highest BCUT2D eigenvalue weighted by atomic mass is 32.2. The van der Waals surface area contributed by atoms with Crippen LogP contribution in [-0.2, 0) is 4.79 Å². The summed E-state index contributed by atoms with van der Waals surface area (Å²) in [6, 6.07) is 10.9. The van der Waals surface area contributed by atoms with Crippen LogP contribution in [0.1, 0.15) is 12.5 Å². The number of benzene rings is 2. The first-order valence-electron chi connectivity index (χ1n) is 9.41. The number of carbonyl (C=O) groups is 2. The molecular formula is C21H19FN4O3S. The molecule has 4 rings (SSSR count). The first kappa shape index (κ1) is 20.1. The number of hydrogen-bond donors (Lipinski definition) is 1. The number of halogens is 1. The minimum absolute atomic E-state index is 0.252. The Morgan fingerprint density at radius 3 is 2.70 bits per heavy atom. The molecule has 0 unspecified atom stereocenters. The van der Waals surface area contributed by atoms with E-state index in [1.807, 2.05) is 0 Å². The molecule has 1 saturated heterocycles. The fraction of sp³-hybridized carbons (Fsp3) is 0.238. The van der Waals surface area contributed by atoms with Crippen LogP contribution in [0.4, 0.5) is 9.18 Å². The minimum Gasteiger partial charge on any atom is -0.336 e. The molecule has 1 aromatic heterocycles. The van der Waals surface area contributed by atoms with Gasteiger partial charge in [-0.25, -0.2) is 14.2 Å². The lowest BCUT2D eigenvalue weighted by atomic mass is 10.2. The lowest BCUT2D eigenvalue weighted by Gasteiger charge is -2.19. The van der Waals surface area contributed by atoms with Crippen molar-refractivity contribution in [3.63, 3.8) is 0 Å². The molecule has 1 aliphatic rings. The zero-order chi connectivity index (χ0) is 21.4. The maximum Gasteiger partial charge on any atom is 0.324 e. The summed E-state index contributed by atoms with van der Waals surface area (Å²) >= 11 is 1.06. The number of nitrogens with one attached hydrogen (secondary N) is 1. The van der Waals surface area contributed by atoms with E-state index < -0.39 is 17.1 Å². The molecule has 0 spiro atoms. The van der Waals surface area contributed by atoms with Gasteiger partial charge in [0.25, 0.3) is 5.56 Å². The van der Waals surface area contributed by atoms with E-state index in [2.05, 4.69) is 10.3 Å². The predicted molar refractivity (Wildman–Crippen MR) is 112 cm³/mol. The van der Waals surface area contributed by atoms with Gasteiger partial charge in [-0.1, -0.05) is 30.0 Å². The number of para-hydroxylation sites is 1. The highest BCUT2D eigenvalue weighted by Gasteiger charge is 2.31. The Balaban J connectivity index is 1.81. The molecule has 1 aliphatic heterocycles. The molecule has 2 aromatic carbocycles. The minimum atomic E-state index is -0.677. The van der Waals surface area contributed by atoms with E-state index in [0.717, 1.165) is 16.7 Å². The molecule has 0 saturated carbocycles. The van der Waals surface area contributed by atoms with Crippen molar-refractivity contribution in [1.82, 2.24) is 19.8 Å². The number of imide groups is 1. The van der Waals surface area contributed by atoms with Gasteiger partial charge in [-0.15, -0.1) is 0 Å². The molecule has 1 atom stereocenters.